The minimum absolute atomic E-state index is 0.251. The van der Waals surface area contributed by atoms with Crippen LogP contribution in [0.2, 0.25) is 0 Å². The Bertz CT molecular complexity index is 413. The fourth-order valence-electron chi connectivity index (χ4n) is 2.01. The molecule has 1 atom stereocenters. The first-order valence-corrected chi connectivity index (χ1v) is 5.47. The third-order valence-corrected chi connectivity index (χ3v) is 3.07. The van der Waals surface area contributed by atoms with Crippen LogP contribution in [0.5, 0.6) is 5.88 Å². The molecule has 1 aromatic rings. The Kier molecular flexibility index (Phi) is 3.28. The average Bonchev–Trinajstić information content (AvgIpc) is 2.79. The summed E-state index contributed by atoms with van der Waals surface area (Å²) in [6.07, 6.45) is 0.904. The number of pyridine rings is 1. The molecule has 1 aliphatic rings. The first-order valence-electron chi connectivity index (χ1n) is 5.47. The highest BCUT2D eigenvalue weighted by Crippen LogP contribution is 2.32. The summed E-state index contributed by atoms with van der Waals surface area (Å²) in [4.78, 5) is 15.6. The molecule has 2 heterocycles. The van der Waals surface area contributed by atoms with Gasteiger partial charge in [0.1, 0.15) is 0 Å². The number of carboxylic acids is 1. The molecule has 0 aliphatic carbocycles. The van der Waals surface area contributed by atoms with Crippen molar-refractivity contribution in [2.24, 2.45) is 5.41 Å². The molecule has 0 spiro atoms. The van der Waals surface area contributed by atoms with Gasteiger partial charge in [0.2, 0.25) is 5.88 Å². The normalized spacial score (nSPS) is 23.6. The molecule has 17 heavy (non-hydrogen) atoms. The van der Waals surface area contributed by atoms with Gasteiger partial charge in [-0.15, -0.1) is 0 Å². The summed E-state index contributed by atoms with van der Waals surface area (Å²) >= 11 is 0. The molecule has 0 bridgehead atoms. The highest BCUT2D eigenvalue weighted by atomic mass is 16.5. The number of methoxy groups -OCH3 is 1. The maximum Gasteiger partial charge on any atom is 0.312 e. The molecule has 0 aromatic carbocycles. The van der Waals surface area contributed by atoms with Crippen LogP contribution in [0.3, 0.4) is 0 Å². The van der Waals surface area contributed by atoms with Crippen molar-refractivity contribution in [2.75, 3.05) is 20.3 Å². The molecule has 1 unspecified atom stereocenters. The molecular formula is C12H15NO4. The second-order valence-electron chi connectivity index (χ2n) is 4.24. The van der Waals surface area contributed by atoms with E-state index >= 15 is 0 Å². The van der Waals surface area contributed by atoms with E-state index in [4.69, 9.17) is 9.47 Å². The van der Waals surface area contributed by atoms with Crippen molar-refractivity contribution >= 4 is 5.97 Å². The zero-order valence-electron chi connectivity index (χ0n) is 9.68. The molecule has 1 N–H and O–H groups in total. The summed E-state index contributed by atoms with van der Waals surface area (Å²) in [5.41, 5.74) is -0.114. The predicted molar refractivity (Wildman–Crippen MR) is 60.0 cm³/mol. The van der Waals surface area contributed by atoms with Gasteiger partial charge < -0.3 is 14.6 Å². The number of aliphatic carboxylic acids is 1. The van der Waals surface area contributed by atoms with Crippen molar-refractivity contribution in [1.82, 2.24) is 4.98 Å². The maximum absolute atomic E-state index is 11.3. The van der Waals surface area contributed by atoms with Crippen LogP contribution in [-0.4, -0.2) is 36.4 Å². The minimum Gasteiger partial charge on any atom is -0.481 e. The van der Waals surface area contributed by atoms with Gasteiger partial charge in [-0.2, -0.15) is 0 Å². The SMILES string of the molecule is COc1cccc(CC2(C(=O)O)CCOC2)n1. The molecule has 5 heteroatoms. The van der Waals surface area contributed by atoms with E-state index in [0.717, 1.165) is 5.69 Å². The number of carbonyl (C=O) groups is 1. The van der Waals surface area contributed by atoms with Crippen molar-refractivity contribution in [2.45, 2.75) is 12.8 Å². The molecule has 2 rings (SSSR count). The molecule has 1 aliphatic heterocycles. The van der Waals surface area contributed by atoms with Gasteiger partial charge in [-0.1, -0.05) is 6.07 Å². The summed E-state index contributed by atoms with van der Waals surface area (Å²) in [6, 6.07) is 5.36. The van der Waals surface area contributed by atoms with Gasteiger partial charge in [-0.3, -0.25) is 4.79 Å². The quantitative estimate of drug-likeness (QED) is 0.850. The largest absolute Gasteiger partial charge is 0.481 e. The van der Waals surface area contributed by atoms with Crippen LogP contribution in [0.25, 0.3) is 0 Å². The standard InChI is InChI=1S/C12H15NO4/c1-16-10-4-2-3-9(13-10)7-12(11(14)15)5-6-17-8-12/h2-4H,5-8H2,1H3,(H,14,15). The van der Waals surface area contributed by atoms with Crippen LogP contribution < -0.4 is 4.74 Å². The summed E-state index contributed by atoms with van der Waals surface area (Å²) in [6.45, 7) is 0.748. The Hall–Kier alpha value is -1.62. The predicted octanol–water partition coefficient (Wildman–Crippen LogP) is 1.12. The van der Waals surface area contributed by atoms with E-state index in [1.54, 1.807) is 6.07 Å². The Labute approximate surface area is 99.4 Å². The van der Waals surface area contributed by atoms with Gasteiger partial charge in [-0.25, -0.2) is 4.98 Å². The summed E-state index contributed by atoms with van der Waals surface area (Å²) in [5, 5.41) is 9.31. The van der Waals surface area contributed by atoms with E-state index < -0.39 is 11.4 Å². The smallest absolute Gasteiger partial charge is 0.312 e. The Morgan fingerprint density at radius 3 is 3.06 bits per heavy atom. The Morgan fingerprint density at radius 2 is 2.47 bits per heavy atom. The number of rotatable bonds is 4. The van der Waals surface area contributed by atoms with Gasteiger partial charge in [0.05, 0.1) is 19.1 Å². The lowest BCUT2D eigenvalue weighted by Gasteiger charge is -2.21. The second kappa shape index (κ2) is 4.71. The highest BCUT2D eigenvalue weighted by molar-refractivity contribution is 5.75. The van der Waals surface area contributed by atoms with Crippen molar-refractivity contribution in [1.29, 1.82) is 0 Å². The van der Waals surface area contributed by atoms with Crippen molar-refractivity contribution in [3.05, 3.63) is 23.9 Å². The van der Waals surface area contributed by atoms with E-state index in [1.165, 1.54) is 7.11 Å². The number of carboxylic acid groups (broad SMARTS) is 1. The average molecular weight is 237 g/mol. The van der Waals surface area contributed by atoms with Crippen LogP contribution in [0.1, 0.15) is 12.1 Å². The van der Waals surface area contributed by atoms with Gasteiger partial charge in [-0.05, 0) is 12.5 Å². The zero-order chi connectivity index (χ0) is 12.3. The van der Waals surface area contributed by atoms with Crippen LogP contribution in [0.4, 0.5) is 0 Å². The third kappa shape index (κ3) is 2.39. The lowest BCUT2D eigenvalue weighted by Crippen LogP contribution is -2.34. The summed E-state index contributed by atoms with van der Waals surface area (Å²) in [5.74, 6) is -0.318. The molecule has 1 aromatic heterocycles. The topological polar surface area (TPSA) is 68.7 Å². The third-order valence-electron chi connectivity index (χ3n) is 3.07. The molecule has 5 nitrogen and oxygen atoms in total. The molecule has 1 saturated heterocycles. The van der Waals surface area contributed by atoms with Crippen molar-refractivity contribution in [3.63, 3.8) is 0 Å². The van der Waals surface area contributed by atoms with E-state index in [-0.39, 0.29) is 6.61 Å². The van der Waals surface area contributed by atoms with E-state index in [9.17, 15) is 9.90 Å². The maximum atomic E-state index is 11.3. The molecule has 0 radical (unpaired) electrons. The first kappa shape index (κ1) is 11.9. The monoisotopic (exact) mass is 237 g/mol. The molecule has 0 saturated carbocycles. The number of ether oxygens (including phenoxy) is 2. The van der Waals surface area contributed by atoms with Gasteiger partial charge in [0.25, 0.3) is 0 Å². The number of aromatic nitrogens is 1. The fourth-order valence-corrected chi connectivity index (χ4v) is 2.01. The van der Waals surface area contributed by atoms with Crippen LogP contribution in [0.15, 0.2) is 18.2 Å². The summed E-state index contributed by atoms with van der Waals surface area (Å²) < 4.78 is 10.2. The fraction of sp³-hybridized carbons (Fsp3) is 0.500. The van der Waals surface area contributed by atoms with Gasteiger partial charge in [0.15, 0.2) is 0 Å². The number of hydrogen-bond donors (Lipinski definition) is 1. The van der Waals surface area contributed by atoms with Crippen molar-refractivity contribution in [3.8, 4) is 5.88 Å². The van der Waals surface area contributed by atoms with Crippen molar-refractivity contribution < 1.29 is 19.4 Å². The zero-order valence-corrected chi connectivity index (χ0v) is 9.68. The lowest BCUT2D eigenvalue weighted by molar-refractivity contribution is -0.148. The minimum atomic E-state index is -0.834. The number of nitrogens with zero attached hydrogens (tertiary/aromatic N) is 1. The van der Waals surface area contributed by atoms with E-state index in [0.29, 0.717) is 25.3 Å². The van der Waals surface area contributed by atoms with Gasteiger partial charge in [0, 0.05) is 24.8 Å². The Morgan fingerprint density at radius 1 is 1.65 bits per heavy atom. The highest BCUT2D eigenvalue weighted by Gasteiger charge is 2.42. The first-order chi connectivity index (χ1) is 8.16. The van der Waals surface area contributed by atoms with Crippen LogP contribution in [-0.2, 0) is 16.0 Å². The van der Waals surface area contributed by atoms with Crippen LogP contribution >= 0.6 is 0 Å². The van der Waals surface area contributed by atoms with Gasteiger partial charge >= 0.3 is 5.97 Å². The second-order valence-corrected chi connectivity index (χ2v) is 4.24. The molecular weight excluding hydrogens is 222 g/mol. The van der Waals surface area contributed by atoms with Crippen LogP contribution in [0, 0.1) is 5.41 Å². The summed E-state index contributed by atoms with van der Waals surface area (Å²) in [7, 11) is 1.54. The Balaban J connectivity index is 2.20. The molecule has 92 valence electrons. The van der Waals surface area contributed by atoms with E-state index in [2.05, 4.69) is 4.98 Å². The molecule has 0 amide bonds. The number of hydrogen-bond acceptors (Lipinski definition) is 4. The van der Waals surface area contributed by atoms with E-state index in [1.807, 2.05) is 12.1 Å². The lowest BCUT2D eigenvalue weighted by atomic mass is 9.82. The molecule has 1 fully saturated rings.